The van der Waals surface area contributed by atoms with Crippen molar-refractivity contribution in [1.82, 2.24) is 5.32 Å². The Kier molecular flexibility index (Phi) is 6.37. The molecule has 0 aromatic rings. The van der Waals surface area contributed by atoms with E-state index >= 15 is 0 Å². The van der Waals surface area contributed by atoms with Gasteiger partial charge in [0.1, 0.15) is 0 Å². The first-order chi connectivity index (χ1) is 7.75. The summed E-state index contributed by atoms with van der Waals surface area (Å²) in [6, 6.07) is 0. The van der Waals surface area contributed by atoms with Gasteiger partial charge in [-0.25, -0.2) is 0 Å². The third-order valence-corrected chi connectivity index (χ3v) is 4.14. The van der Waals surface area contributed by atoms with Crippen LogP contribution in [0.2, 0.25) is 0 Å². The second-order valence-electron chi connectivity index (χ2n) is 5.32. The van der Waals surface area contributed by atoms with E-state index < -0.39 is 0 Å². The lowest BCUT2D eigenvalue weighted by Crippen LogP contribution is -2.38. The molecule has 96 valence electrons. The predicted octanol–water partition coefficient (Wildman–Crippen LogP) is 3.36. The van der Waals surface area contributed by atoms with Gasteiger partial charge in [-0.2, -0.15) is 0 Å². The standard InChI is InChI=1S/C14H29NO/c1-4-5-6-7-8-9-14(12-15-3)10-11-16-13(14)2/h13,15H,4-12H2,1-3H3. The molecule has 1 aliphatic rings. The van der Waals surface area contributed by atoms with E-state index in [0.717, 1.165) is 13.2 Å². The lowest BCUT2D eigenvalue weighted by Gasteiger charge is -2.32. The van der Waals surface area contributed by atoms with Crippen molar-refractivity contribution in [2.75, 3.05) is 20.2 Å². The van der Waals surface area contributed by atoms with Crippen molar-refractivity contribution in [3.05, 3.63) is 0 Å². The Hall–Kier alpha value is -0.0800. The average molecular weight is 227 g/mol. The van der Waals surface area contributed by atoms with Crippen molar-refractivity contribution in [3.63, 3.8) is 0 Å². The molecule has 0 amide bonds. The van der Waals surface area contributed by atoms with Crippen molar-refractivity contribution in [1.29, 1.82) is 0 Å². The summed E-state index contributed by atoms with van der Waals surface area (Å²) >= 11 is 0. The Morgan fingerprint density at radius 3 is 2.56 bits per heavy atom. The zero-order chi connectivity index (χ0) is 11.9. The summed E-state index contributed by atoms with van der Waals surface area (Å²) < 4.78 is 5.76. The third-order valence-electron chi connectivity index (χ3n) is 4.14. The molecule has 0 aromatic heterocycles. The Balaban J connectivity index is 2.28. The maximum Gasteiger partial charge on any atom is 0.0616 e. The maximum atomic E-state index is 5.76. The van der Waals surface area contributed by atoms with Gasteiger partial charge >= 0.3 is 0 Å². The van der Waals surface area contributed by atoms with E-state index in [4.69, 9.17) is 4.74 Å². The summed E-state index contributed by atoms with van der Waals surface area (Å²) in [5, 5.41) is 3.35. The number of hydrogen-bond donors (Lipinski definition) is 1. The van der Waals surface area contributed by atoms with Gasteiger partial charge in [0, 0.05) is 18.6 Å². The molecule has 16 heavy (non-hydrogen) atoms. The van der Waals surface area contributed by atoms with Crippen molar-refractivity contribution in [3.8, 4) is 0 Å². The Morgan fingerprint density at radius 2 is 2.00 bits per heavy atom. The van der Waals surface area contributed by atoms with Crippen LogP contribution < -0.4 is 5.32 Å². The number of hydrogen-bond acceptors (Lipinski definition) is 2. The van der Waals surface area contributed by atoms with Crippen LogP contribution in [0.5, 0.6) is 0 Å². The van der Waals surface area contributed by atoms with E-state index in [-0.39, 0.29) is 0 Å². The molecule has 0 radical (unpaired) electrons. The van der Waals surface area contributed by atoms with E-state index in [1.54, 1.807) is 0 Å². The zero-order valence-electron chi connectivity index (χ0n) is 11.3. The highest BCUT2D eigenvalue weighted by molar-refractivity contribution is 4.90. The first kappa shape index (κ1) is 14.0. The number of ether oxygens (including phenoxy) is 1. The molecular weight excluding hydrogens is 198 g/mol. The van der Waals surface area contributed by atoms with Crippen LogP contribution in [-0.2, 0) is 4.74 Å². The van der Waals surface area contributed by atoms with Crippen LogP contribution >= 0.6 is 0 Å². The summed E-state index contributed by atoms with van der Waals surface area (Å²) in [5.41, 5.74) is 0.418. The topological polar surface area (TPSA) is 21.3 Å². The van der Waals surface area contributed by atoms with E-state index in [9.17, 15) is 0 Å². The van der Waals surface area contributed by atoms with Crippen molar-refractivity contribution in [2.24, 2.45) is 5.41 Å². The van der Waals surface area contributed by atoms with E-state index in [1.165, 1.54) is 44.9 Å². The number of unbranched alkanes of at least 4 members (excludes halogenated alkanes) is 4. The fourth-order valence-corrected chi connectivity index (χ4v) is 2.90. The fraction of sp³-hybridized carbons (Fsp3) is 1.00. The lowest BCUT2D eigenvalue weighted by atomic mass is 9.77. The molecule has 1 saturated heterocycles. The van der Waals surface area contributed by atoms with Gasteiger partial charge in [0.2, 0.25) is 0 Å². The van der Waals surface area contributed by atoms with Crippen LogP contribution in [0.25, 0.3) is 0 Å². The molecule has 1 fully saturated rings. The van der Waals surface area contributed by atoms with Gasteiger partial charge in [0.15, 0.2) is 0 Å². The molecule has 0 aromatic carbocycles. The lowest BCUT2D eigenvalue weighted by molar-refractivity contribution is 0.0580. The molecule has 1 aliphatic heterocycles. The summed E-state index contributed by atoms with van der Waals surface area (Å²) in [6.45, 7) is 6.59. The highest BCUT2D eigenvalue weighted by atomic mass is 16.5. The minimum Gasteiger partial charge on any atom is -0.378 e. The SMILES string of the molecule is CCCCCCCC1(CNC)CCOC1C. The average Bonchev–Trinajstić information content (AvgIpc) is 2.61. The van der Waals surface area contributed by atoms with Crippen molar-refractivity contribution < 1.29 is 4.74 Å². The highest BCUT2D eigenvalue weighted by Crippen LogP contribution is 2.39. The van der Waals surface area contributed by atoms with Gasteiger partial charge in [-0.15, -0.1) is 0 Å². The summed E-state index contributed by atoms with van der Waals surface area (Å²) in [7, 11) is 2.06. The van der Waals surface area contributed by atoms with Crippen molar-refractivity contribution >= 4 is 0 Å². The molecule has 1 heterocycles. The Morgan fingerprint density at radius 1 is 1.25 bits per heavy atom. The smallest absolute Gasteiger partial charge is 0.0616 e. The van der Waals surface area contributed by atoms with Crippen LogP contribution in [0.1, 0.15) is 58.8 Å². The van der Waals surface area contributed by atoms with E-state index in [0.29, 0.717) is 11.5 Å². The number of rotatable bonds is 8. The van der Waals surface area contributed by atoms with Gasteiger partial charge in [0.05, 0.1) is 6.10 Å². The minimum absolute atomic E-state index is 0.418. The van der Waals surface area contributed by atoms with E-state index in [2.05, 4.69) is 26.2 Å². The van der Waals surface area contributed by atoms with Crippen LogP contribution in [-0.4, -0.2) is 26.3 Å². The van der Waals surface area contributed by atoms with E-state index in [1.807, 2.05) is 0 Å². The van der Waals surface area contributed by atoms with Gasteiger partial charge in [-0.3, -0.25) is 0 Å². The Labute approximate surface area is 101 Å². The second-order valence-corrected chi connectivity index (χ2v) is 5.32. The molecule has 2 unspecified atom stereocenters. The first-order valence-electron chi connectivity index (χ1n) is 7.01. The molecule has 0 saturated carbocycles. The molecule has 0 aliphatic carbocycles. The third kappa shape index (κ3) is 3.74. The largest absolute Gasteiger partial charge is 0.378 e. The summed E-state index contributed by atoms with van der Waals surface area (Å²) in [6.07, 6.45) is 9.91. The highest BCUT2D eigenvalue weighted by Gasteiger charge is 2.40. The van der Waals surface area contributed by atoms with Crippen LogP contribution in [0.4, 0.5) is 0 Å². The minimum atomic E-state index is 0.418. The fourth-order valence-electron chi connectivity index (χ4n) is 2.90. The normalized spacial score (nSPS) is 29.8. The maximum absolute atomic E-state index is 5.76. The summed E-state index contributed by atoms with van der Waals surface area (Å²) in [4.78, 5) is 0. The molecule has 0 bridgehead atoms. The predicted molar refractivity (Wildman–Crippen MR) is 69.8 cm³/mol. The summed E-state index contributed by atoms with van der Waals surface area (Å²) in [5.74, 6) is 0. The Bertz CT molecular complexity index is 184. The molecular formula is C14H29NO. The quantitative estimate of drug-likeness (QED) is 0.642. The monoisotopic (exact) mass is 227 g/mol. The first-order valence-corrected chi connectivity index (χ1v) is 7.01. The van der Waals surface area contributed by atoms with Crippen molar-refractivity contribution in [2.45, 2.75) is 64.9 Å². The number of nitrogens with one attached hydrogen (secondary N) is 1. The molecule has 0 spiro atoms. The van der Waals surface area contributed by atoms with Gasteiger partial charge in [-0.1, -0.05) is 39.0 Å². The molecule has 2 atom stereocenters. The van der Waals surface area contributed by atoms with Gasteiger partial charge in [0.25, 0.3) is 0 Å². The molecule has 1 N–H and O–H groups in total. The van der Waals surface area contributed by atoms with Gasteiger partial charge in [-0.05, 0) is 26.8 Å². The van der Waals surface area contributed by atoms with Gasteiger partial charge < -0.3 is 10.1 Å². The van der Waals surface area contributed by atoms with Crippen LogP contribution in [0, 0.1) is 5.41 Å². The molecule has 2 nitrogen and oxygen atoms in total. The molecule has 1 rings (SSSR count). The second kappa shape index (κ2) is 7.29. The zero-order valence-corrected chi connectivity index (χ0v) is 11.3. The molecule has 2 heteroatoms. The van der Waals surface area contributed by atoms with Crippen LogP contribution in [0.15, 0.2) is 0 Å². The van der Waals surface area contributed by atoms with Crippen LogP contribution in [0.3, 0.4) is 0 Å².